The van der Waals surface area contributed by atoms with Crippen molar-refractivity contribution in [1.29, 1.82) is 0 Å². The number of thiophene rings is 2. The van der Waals surface area contributed by atoms with Gasteiger partial charge in [-0.25, -0.2) is 0 Å². The van der Waals surface area contributed by atoms with Crippen LogP contribution in [0.25, 0.3) is 0 Å². The first-order chi connectivity index (χ1) is 14.0. The number of nitrogens with one attached hydrogen (secondary N) is 1. The first-order valence-corrected chi connectivity index (χ1v) is 11.6. The van der Waals surface area contributed by atoms with Gasteiger partial charge in [0.05, 0.1) is 24.1 Å². The van der Waals surface area contributed by atoms with E-state index in [4.69, 9.17) is 4.74 Å². The minimum atomic E-state index is -0.0351. The number of anilines is 1. The van der Waals surface area contributed by atoms with Crippen LogP contribution < -0.4 is 5.32 Å². The van der Waals surface area contributed by atoms with Gasteiger partial charge in [0.15, 0.2) is 0 Å². The van der Waals surface area contributed by atoms with Gasteiger partial charge in [0, 0.05) is 23.5 Å². The lowest BCUT2D eigenvalue weighted by Gasteiger charge is -2.35. The molecule has 3 aromatic rings. The van der Waals surface area contributed by atoms with Gasteiger partial charge in [-0.05, 0) is 43.3 Å². The Morgan fingerprint density at radius 1 is 1.10 bits per heavy atom. The van der Waals surface area contributed by atoms with E-state index in [1.165, 1.54) is 38.5 Å². The highest BCUT2D eigenvalue weighted by Gasteiger charge is 2.30. The summed E-state index contributed by atoms with van der Waals surface area (Å²) in [6.07, 6.45) is 0. The fourth-order valence-corrected chi connectivity index (χ4v) is 5.49. The maximum atomic E-state index is 12.8. The number of rotatable bonds is 5. The lowest BCUT2D eigenvalue weighted by Crippen LogP contribution is -2.39. The summed E-state index contributed by atoms with van der Waals surface area (Å²) in [5.74, 6) is -0.0351. The van der Waals surface area contributed by atoms with Crippen molar-refractivity contribution in [1.82, 2.24) is 4.90 Å². The second kappa shape index (κ2) is 8.79. The van der Waals surface area contributed by atoms with Gasteiger partial charge < -0.3 is 10.1 Å². The number of nitrogens with zero attached hydrogens (tertiary/aromatic N) is 1. The van der Waals surface area contributed by atoms with Crippen molar-refractivity contribution in [3.8, 4) is 0 Å². The molecule has 1 atom stereocenters. The Balaban J connectivity index is 1.77. The molecule has 1 amide bonds. The second-order valence-corrected chi connectivity index (χ2v) is 9.59. The van der Waals surface area contributed by atoms with E-state index in [1.807, 2.05) is 17.5 Å². The molecule has 3 heterocycles. The number of ether oxygens (including phenoxy) is 1. The third-order valence-corrected chi connectivity index (χ3v) is 7.49. The van der Waals surface area contributed by atoms with E-state index in [0.29, 0.717) is 0 Å². The van der Waals surface area contributed by atoms with E-state index >= 15 is 0 Å². The number of morpholine rings is 1. The molecule has 1 fully saturated rings. The van der Waals surface area contributed by atoms with Crippen LogP contribution in [0.1, 0.15) is 42.8 Å². The summed E-state index contributed by atoms with van der Waals surface area (Å²) in [4.78, 5) is 17.3. The molecule has 0 spiro atoms. The van der Waals surface area contributed by atoms with E-state index in [2.05, 4.69) is 55.3 Å². The fraction of sp³-hybridized carbons (Fsp3) is 0.348. The average Bonchev–Trinajstić information content (AvgIpc) is 3.35. The number of carbonyl (C=O) groups is 1. The summed E-state index contributed by atoms with van der Waals surface area (Å²) >= 11 is 3.14. The van der Waals surface area contributed by atoms with Crippen molar-refractivity contribution < 1.29 is 9.53 Å². The van der Waals surface area contributed by atoms with E-state index < -0.39 is 0 Å². The third-order valence-electron chi connectivity index (χ3n) is 5.48. The predicted octanol–water partition coefficient (Wildman–Crippen LogP) is 5.41. The first-order valence-electron chi connectivity index (χ1n) is 9.87. The molecular weight excluding hydrogens is 400 g/mol. The normalized spacial score (nSPS) is 16.0. The SMILES string of the molecule is Cc1ccc([C@H](c2c(NC(=O)c3cccs3)sc(C)c2C)N2CCOCC2)cc1. The molecule has 0 aliphatic carbocycles. The van der Waals surface area contributed by atoms with Gasteiger partial charge >= 0.3 is 0 Å². The third kappa shape index (κ3) is 4.31. The topological polar surface area (TPSA) is 41.6 Å². The van der Waals surface area contributed by atoms with Crippen molar-refractivity contribution in [3.05, 3.63) is 73.8 Å². The van der Waals surface area contributed by atoms with Crippen LogP contribution in [0.3, 0.4) is 0 Å². The van der Waals surface area contributed by atoms with Gasteiger partial charge in [0.25, 0.3) is 5.91 Å². The average molecular weight is 427 g/mol. The molecule has 4 nitrogen and oxygen atoms in total. The van der Waals surface area contributed by atoms with Crippen LogP contribution in [0.15, 0.2) is 41.8 Å². The summed E-state index contributed by atoms with van der Waals surface area (Å²) in [7, 11) is 0. The molecule has 152 valence electrons. The van der Waals surface area contributed by atoms with Gasteiger partial charge in [-0.15, -0.1) is 22.7 Å². The van der Waals surface area contributed by atoms with Gasteiger partial charge in [0.2, 0.25) is 0 Å². The van der Waals surface area contributed by atoms with Crippen LogP contribution >= 0.6 is 22.7 Å². The second-order valence-electron chi connectivity index (χ2n) is 7.42. The highest BCUT2D eigenvalue weighted by Crippen LogP contribution is 2.42. The van der Waals surface area contributed by atoms with E-state index in [0.717, 1.165) is 36.2 Å². The summed E-state index contributed by atoms with van der Waals surface area (Å²) in [6, 6.07) is 12.6. The fourth-order valence-electron chi connectivity index (χ4n) is 3.78. The lowest BCUT2D eigenvalue weighted by molar-refractivity contribution is 0.0240. The van der Waals surface area contributed by atoms with Crippen LogP contribution in [0.4, 0.5) is 5.00 Å². The van der Waals surface area contributed by atoms with Crippen molar-refractivity contribution in [2.24, 2.45) is 0 Å². The molecular formula is C23H26N2O2S2. The molecule has 4 rings (SSSR count). The summed E-state index contributed by atoms with van der Waals surface area (Å²) in [5.41, 5.74) is 4.97. The molecule has 0 unspecified atom stereocenters. The van der Waals surface area contributed by atoms with Crippen LogP contribution in [0.2, 0.25) is 0 Å². The van der Waals surface area contributed by atoms with Crippen molar-refractivity contribution >= 4 is 33.6 Å². The Morgan fingerprint density at radius 2 is 1.83 bits per heavy atom. The number of benzene rings is 1. The highest BCUT2D eigenvalue weighted by molar-refractivity contribution is 7.17. The molecule has 0 bridgehead atoms. The number of hydrogen-bond donors (Lipinski definition) is 1. The molecule has 29 heavy (non-hydrogen) atoms. The van der Waals surface area contributed by atoms with E-state index in [9.17, 15) is 4.79 Å². The molecule has 1 N–H and O–H groups in total. The molecule has 2 aromatic heterocycles. The monoisotopic (exact) mass is 426 g/mol. The zero-order chi connectivity index (χ0) is 20.4. The number of hydrogen-bond acceptors (Lipinski definition) is 5. The maximum absolute atomic E-state index is 12.8. The standard InChI is InChI=1S/C23H26N2O2S2/c1-15-6-8-18(9-7-15)21(25-10-12-27-13-11-25)20-16(2)17(3)29-23(20)24-22(26)19-5-4-14-28-19/h4-9,14,21H,10-13H2,1-3H3,(H,24,26)/t21-/m1/s1. The smallest absolute Gasteiger partial charge is 0.266 e. The molecule has 6 heteroatoms. The minimum absolute atomic E-state index is 0.0351. The van der Waals surface area contributed by atoms with Crippen LogP contribution in [-0.2, 0) is 4.74 Å². The van der Waals surface area contributed by atoms with Crippen molar-refractivity contribution in [2.75, 3.05) is 31.6 Å². The summed E-state index contributed by atoms with van der Waals surface area (Å²) in [6.45, 7) is 9.65. The number of aryl methyl sites for hydroxylation is 2. The quantitative estimate of drug-likeness (QED) is 0.593. The minimum Gasteiger partial charge on any atom is -0.379 e. The van der Waals surface area contributed by atoms with E-state index in [1.54, 1.807) is 11.3 Å². The molecule has 1 saturated heterocycles. The van der Waals surface area contributed by atoms with Gasteiger partial charge in [-0.2, -0.15) is 0 Å². The van der Waals surface area contributed by atoms with Crippen LogP contribution in [0.5, 0.6) is 0 Å². The Bertz CT molecular complexity index is 971. The largest absolute Gasteiger partial charge is 0.379 e. The van der Waals surface area contributed by atoms with Gasteiger partial charge in [-0.3, -0.25) is 9.69 Å². The highest BCUT2D eigenvalue weighted by atomic mass is 32.1. The van der Waals surface area contributed by atoms with E-state index in [-0.39, 0.29) is 11.9 Å². The number of amides is 1. The summed E-state index contributed by atoms with van der Waals surface area (Å²) in [5, 5.41) is 6.10. The lowest BCUT2D eigenvalue weighted by atomic mass is 9.94. The molecule has 1 aliphatic heterocycles. The molecule has 0 saturated carbocycles. The Hall–Kier alpha value is -1.99. The molecule has 1 aliphatic rings. The Labute approximate surface area is 180 Å². The zero-order valence-corrected chi connectivity index (χ0v) is 18.7. The maximum Gasteiger partial charge on any atom is 0.266 e. The zero-order valence-electron chi connectivity index (χ0n) is 17.0. The van der Waals surface area contributed by atoms with Crippen molar-refractivity contribution in [3.63, 3.8) is 0 Å². The Morgan fingerprint density at radius 3 is 2.48 bits per heavy atom. The molecule has 0 radical (unpaired) electrons. The van der Waals surface area contributed by atoms with Crippen LogP contribution in [-0.4, -0.2) is 37.1 Å². The Kier molecular flexibility index (Phi) is 6.15. The first kappa shape index (κ1) is 20.3. The predicted molar refractivity (Wildman–Crippen MR) is 121 cm³/mol. The molecule has 1 aromatic carbocycles. The summed E-state index contributed by atoms with van der Waals surface area (Å²) < 4.78 is 5.61. The van der Waals surface area contributed by atoms with Gasteiger partial charge in [-0.1, -0.05) is 35.9 Å². The van der Waals surface area contributed by atoms with Crippen LogP contribution in [0, 0.1) is 20.8 Å². The number of carbonyl (C=O) groups excluding carboxylic acids is 1. The van der Waals surface area contributed by atoms with Crippen molar-refractivity contribution in [2.45, 2.75) is 26.8 Å². The van der Waals surface area contributed by atoms with Gasteiger partial charge in [0.1, 0.15) is 5.00 Å².